The molecule has 0 radical (unpaired) electrons. The van der Waals surface area contributed by atoms with Crippen LogP contribution < -0.4 is 14.2 Å². The van der Waals surface area contributed by atoms with E-state index in [4.69, 9.17) is 18.6 Å². The monoisotopic (exact) mass is 426 g/mol. The van der Waals surface area contributed by atoms with Crippen molar-refractivity contribution in [2.45, 2.75) is 24.5 Å². The summed E-state index contributed by atoms with van der Waals surface area (Å²) in [4.78, 5) is 12.6. The number of nitrogens with zero attached hydrogens (tertiary/aromatic N) is 2. The summed E-state index contributed by atoms with van der Waals surface area (Å²) >= 11 is 1.22. The van der Waals surface area contributed by atoms with Gasteiger partial charge in [-0.3, -0.25) is 4.79 Å². The molecule has 30 heavy (non-hydrogen) atoms. The number of fused-ring (bicyclic) bond motifs is 1. The number of hydrogen-bond donors (Lipinski definition) is 0. The molecule has 0 saturated carbocycles. The van der Waals surface area contributed by atoms with Crippen LogP contribution in [-0.4, -0.2) is 43.1 Å². The standard InChI is InChI=1S/C22H22N2O5S/c1-26-18-10-16(11-19(27-2)20(18)28-3)21-23-24-22(29-21)30-12-17(25)15-8-7-13-5-4-6-14(13)9-15/h7-11H,4-6,12H2,1-3H3. The molecule has 0 spiro atoms. The van der Waals surface area contributed by atoms with Gasteiger partial charge in [-0.05, 0) is 48.6 Å². The van der Waals surface area contributed by atoms with Crippen molar-refractivity contribution in [1.29, 1.82) is 0 Å². The molecule has 3 aromatic rings. The SMILES string of the molecule is COc1cc(-c2nnc(SCC(=O)c3ccc4c(c3)CCC4)o2)cc(OC)c1OC. The zero-order valence-electron chi connectivity index (χ0n) is 17.1. The third-order valence-corrected chi connectivity index (χ3v) is 5.88. The van der Waals surface area contributed by atoms with Gasteiger partial charge in [-0.25, -0.2) is 0 Å². The normalized spacial score (nSPS) is 12.5. The number of rotatable bonds is 8. The van der Waals surface area contributed by atoms with Crippen LogP contribution in [0, 0.1) is 0 Å². The van der Waals surface area contributed by atoms with Gasteiger partial charge in [0.15, 0.2) is 17.3 Å². The van der Waals surface area contributed by atoms with Crippen LogP contribution in [0.4, 0.5) is 0 Å². The quantitative estimate of drug-likeness (QED) is 0.391. The Labute approximate surface area is 178 Å². The Morgan fingerprint density at radius 2 is 1.73 bits per heavy atom. The number of thioether (sulfide) groups is 1. The number of Topliss-reactive ketones (excluding diaryl/α,β-unsaturated/α-hetero) is 1. The third kappa shape index (κ3) is 4.00. The lowest BCUT2D eigenvalue weighted by Gasteiger charge is -2.12. The second-order valence-electron chi connectivity index (χ2n) is 6.84. The second kappa shape index (κ2) is 8.79. The summed E-state index contributed by atoms with van der Waals surface area (Å²) < 4.78 is 21.8. The zero-order valence-corrected chi connectivity index (χ0v) is 17.9. The lowest BCUT2D eigenvalue weighted by molar-refractivity contribution is 0.102. The van der Waals surface area contributed by atoms with Crippen molar-refractivity contribution in [3.63, 3.8) is 0 Å². The summed E-state index contributed by atoms with van der Waals surface area (Å²) in [5.41, 5.74) is 4.00. The molecule has 2 aromatic carbocycles. The van der Waals surface area contributed by atoms with Crippen molar-refractivity contribution in [1.82, 2.24) is 10.2 Å². The Kier molecular flexibility index (Phi) is 5.94. The minimum Gasteiger partial charge on any atom is -0.493 e. The van der Waals surface area contributed by atoms with Crippen molar-refractivity contribution in [2.75, 3.05) is 27.1 Å². The molecule has 0 unspecified atom stereocenters. The van der Waals surface area contributed by atoms with Gasteiger partial charge in [-0.1, -0.05) is 23.9 Å². The van der Waals surface area contributed by atoms with E-state index in [0.29, 0.717) is 33.9 Å². The first-order valence-corrected chi connectivity index (χ1v) is 10.5. The van der Waals surface area contributed by atoms with E-state index in [2.05, 4.69) is 16.3 Å². The van der Waals surface area contributed by atoms with E-state index in [1.807, 2.05) is 12.1 Å². The Morgan fingerprint density at radius 1 is 1.00 bits per heavy atom. The molecule has 4 rings (SSSR count). The molecular formula is C22H22N2O5S. The maximum Gasteiger partial charge on any atom is 0.277 e. The summed E-state index contributed by atoms with van der Waals surface area (Å²) in [7, 11) is 4.63. The van der Waals surface area contributed by atoms with Gasteiger partial charge in [0.25, 0.3) is 5.22 Å². The van der Waals surface area contributed by atoms with Gasteiger partial charge in [0.1, 0.15) is 0 Å². The van der Waals surface area contributed by atoms with Gasteiger partial charge in [-0.2, -0.15) is 0 Å². The van der Waals surface area contributed by atoms with Crippen LogP contribution in [0.15, 0.2) is 40.0 Å². The van der Waals surface area contributed by atoms with Crippen molar-refractivity contribution >= 4 is 17.5 Å². The highest BCUT2D eigenvalue weighted by molar-refractivity contribution is 7.99. The van der Waals surface area contributed by atoms with Crippen molar-refractivity contribution < 1.29 is 23.4 Å². The molecule has 1 aliphatic carbocycles. The van der Waals surface area contributed by atoms with Gasteiger partial charge in [0.2, 0.25) is 11.6 Å². The lowest BCUT2D eigenvalue weighted by Crippen LogP contribution is -2.03. The fourth-order valence-corrected chi connectivity index (χ4v) is 4.20. The number of carbonyl (C=O) groups is 1. The summed E-state index contributed by atoms with van der Waals surface area (Å²) in [6.45, 7) is 0. The molecule has 0 fully saturated rings. The molecular weight excluding hydrogens is 404 g/mol. The third-order valence-electron chi connectivity index (χ3n) is 5.07. The largest absolute Gasteiger partial charge is 0.493 e. The molecule has 0 atom stereocenters. The number of ether oxygens (including phenoxy) is 3. The second-order valence-corrected chi connectivity index (χ2v) is 7.76. The van der Waals surface area contributed by atoms with Crippen LogP contribution in [-0.2, 0) is 12.8 Å². The van der Waals surface area contributed by atoms with E-state index in [1.165, 1.54) is 22.9 Å². The molecule has 0 bridgehead atoms. The van der Waals surface area contributed by atoms with Gasteiger partial charge < -0.3 is 18.6 Å². The Bertz CT molecular complexity index is 1050. The summed E-state index contributed by atoms with van der Waals surface area (Å²) in [5, 5.41) is 8.47. The van der Waals surface area contributed by atoms with Crippen LogP contribution >= 0.6 is 11.8 Å². The van der Waals surface area contributed by atoms with Crippen molar-refractivity contribution in [2.24, 2.45) is 0 Å². The molecule has 0 aliphatic heterocycles. The van der Waals surface area contributed by atoms with Crippen LogP contribution in [0.5, 0.6) is 17.2 Å². The van der Waals surface area contributed by atoms with Gasteiger partial charge in [0, 0.05) is 11.1 Å². The number of carbonyl (C=O) groups excluding carboxylic acids is 1. The first kappa shape index (κ1) is 20.3. The molecule has 8 heteroatoms. The van der Waals surface area contributed by atoms with Crippen LogP contribution in [0.3, 0.4) is 0 Å². The smallest absolute Gasteiger partial charge is 0.277 e. The molecule has 156 valence electrons. The average molecular weight is 426 g/mol. The predicted octanol–water partition coefficient (Wildman–Crippen LogP) is 4.23. The van der Waals surface area contributed by atoms with E-state index in [-0.39, 0.29) is 11.5 Å². The molecule has 1 aromatic heterocycles. The highest BCUT2D eigenvalue weighted by Crippen LogP contribution is 2.41. The van der Waals surface area contributed by atoms with Gasteiger partial charge >= 0.3 is 0 Å². The number of methoxy groups -OCH3 is 3. The number of aryl methyl sites for hydroxylation is 2. The van der Waals surface area contributed by atoms with Crippen molar-refractivity contribution in [3.05, 3.63) is 47.0 Å². The lowest BCUT2D eigenvalue weighted by atomic mass is 10.0. The van der Waals surface area contributed by atoms with E-state index in [9.17, 15) is 4.79 Å². The van der Waals surface area contributed by atoms with E-state index < -0.39 is 0 Å². The highest BCUT2D eigenvalue weighted by Gasteiger charge is 2.19. The fraction of sp³-hybridized carbons (Fsp3) is 0.318. The number of aromatic nitrogens is 2. The predicted molar refractivity (Wildman–Crippen MR) is 113 cm³/mol. The Hall–Kier alpha value is -3.00. The number of ketones is 1. The fourth-order valence-electron chi connectivity index (χ4n) is 3.55. The van der Waals surface area contributed by atoms with Crippen LogP contribution in [0.25, 0.3) is 11.5 Å². The van der Waals surface area contributed by atoms with E-state index in [0.717, 1.165) is 24.8 Å². The molecule has 0 N–H and O–H groups in total. The number of benzene rings is 2. The maximum atomic E-state index is 12.6. The van der Waals surface area contributed by atoms with Crippen molar-refractivity contribution in [3.8, 4) is 28.7 Å². The van der Waals surface area contributed by atoms with Crippen LogP contribution in [0.1, 0.15) is 27.9 Å². The summed E-state index contributed by atoms with van der Waals surface area (Å²) in [5.74, 6) is 2.05. The maximum absolute atomic E-state index is 12.6. The molecule has 0 amide bonds. The van der Waals surface area contributed by atoms with Crippen LogP contribution in [0.2, 0.25) is 0 Å². The molecule has 0 saturated heterocycles. The van der Waals surface area contributed by atoms with E-state index in [1.54, 1.807) is 33.5 Å². The summed E-state index contributed by atoms with van der Waals surface area (Å²) in [6, 6.07) is 9.45. The zero-order chi connectivity index (χ0) is 21.1. The van der Waals surface area contributed by atoms with Gasteiger partial charge in [0.05, 0.1) is 27.1 Å². The minimum absolute atomic E-state index is 0.0437. The van der Waals surface area contributed by atoms with E-state index >= 15 is 0 Å². The first-order chi connectivity index (χ1) is 14.6. The van der Waals surface area contributed by atoms with Gasteiger partial charge in [-0.15, -0.1) is 10.2 Å². The number of hydrogen-bond acceptors (Lipinski definition) is 8. The molecule has 1 heterocycles. The molecule has 1 aliphatic rings. The Balaban J connectivity index is 1.47. The average Bonchev–Trinajstić information content (AvgIpc) is 3.45. The first-order valence-electron chi connectivity index (χ1n) is 9.54. The summed E-state index contributed by atoms with van der Waals surface area (Å²) in [6.07, 6.45) is 3.31. The molecule has 7 nitrogen and oxygen atoms in total. The minimum atomic E-state index is 0.0437. The topological polar surface area (TPSA) is 83.7 Å². The Morgan fingerprint density at radius 3 is 2.43 bits per heavy atom. The highest BCUT2D eigenvalue weighted by atomic mass is 32.2.